The molecule has 2 N–H and O–H groups in total. The van der Waals surface area contributed by atoms with Crippen LogP contribution >= 0.6 is 11.8 Å². The Hall–Kier alpha value is -3.19. The first kappa shape index (κ1) is 21.5. The molecule has 30 heavy (non-hydrogen) atoms. The van der Waals surface area contributed by atoms with Gasteiger partial charge in [-0.2, -0.15) is 0 Å². The Morgan fingerprint density at radius 2 is 1.57 bits per heavy atom. The third-order valence-corrected chi connectivity index (χ3v) is 5.39. The molecule has 3 rings (SSSR count). The molecule has 1 heterocycles. The highest BCUT2D eigenvalue weighted by Gasteiger charge is 2.09. The van der Waals surface area contributed by atoms with E-state index >= 15 is 0 Å². The lowest BCUT2D eigenvalue weighted by Gasteiger charge is -2.09. The van der Waals surface area contributed by atoms with Crippen molar-refractivity contribution in [2.45, 2.75) is 38.1 Å². The van der Waals surface area contributed by atoms with E-state index in [4.69, 9.17) is 0 Å². The molecule has 0 unspecified atom stereocenters. The molecule has 154 valence electrons. The molecule has 0 saturated heterocycles. The summed E-state index contributed by atoms with van der Waals surface area (Å²) in [6.07, 6.45) is 0.212. The topological polar surface area (TPSA) is 84.0 Å². The van der Waals surface area contributed by atoms with Gasteiger partial charge in [-0.1, -0.05) is 48.2 Å². The average molecular weight is 421 g/mol. The molecule has 0 bridgehead atoms. The van der Waals surface area contributed by atoms with Crippen molar-refractivity contribution in [2.75, 3.05) is 0 Å². The number of rotatable bonds is 6. The van der Waals surface area contributed by atoms with E-state index in [0.717, 1.165) is 33.2 Å². The van der Waals surface area contributed by atoms with Crippen LogP contribution in [0.15, 0.2) is 59.8 Å². The van der Waals surface area contributed by atoms with Crippen LogP contribution < -0.4 is 10.9 Å². The molecule has 3 aromatic rings. The number of carbonyl (C=O) groups is 2. The number of hydrogen-bond acceptors (Lipinski definition) is 5. The number of aromatic nitrogens is 2. The summed E-state index contributed by atoms with van der Waals surface area (Å²) in [5.74, 6) is 0.0851. The molecule has 0 spiro atoms. The average Bonchev–Trinajstić information content (AvgIpc) is 2.72. The van der Waals surface area contributed by atoms with E-state index in [1.54, 1.807) is 23.9 Å². The van der Waals surface area contributed by atoms with Crippen molar-refractivity contribution in [1.82, 2.24) is 20.8 Å². The zero-order chi connectivity index (χ0) is 21.5. The summed E-state index contributed by atoms with van der Waals surface area (Å²) in [7, 11) is 0. The zero-order valence-corrected chi connectivity index (χ0v) is 18.0. The molecule has 0 aliphatic rings. The lowest BCUT2D eigenvalue weighted by Crippen LogP contribution is -2.42. The maximum Gasteiger partial charge on any atom is 0.269 e. The Morgan fingerprint density at radius 3 is 2.23 bits per heavy atom. The number of nitrogens with zero attached hydrogens (tertiary/aromatic N) is 2. The Balaban J connectivity index is 1.49. The second kappa shape index (κ2) is 10.0. The van der Waals surface area contributed by atoms with Gasteiger partial charge < -0.3 is 0 Å². The predicted molar refractivity (Wildman–Crippen MR) is 118 cm³/mol. The van der Waals surface area contributed by atoms with Gasteiger partial charge in [-0.3, -0.25) is 20.4 Å². The fourth-order valence-corrected chi connectivity index (χ4v) is 3.79. The van der Waals surface area contributed by atoms with Gasteiger partial charge in [0, 0.05) is 22.7 Å². The van der Waals surface area contributed by atoms with Crippen molar-refractivity contribution < 1.29 is 9.59 Å². The first-order valence-electron chi connectivity index (χ1n) is 9.58. The number of thioether (sulfide) groups is 1. The molecular weight excluding hydrogens is 396 g/mol. The van der Waals surface area contributed by atoms with Gasteiger partial charge in [0.25, 0.3) is 5.91 Å². The summed E-state index contributed by atoms with van der Waals surface area (Å²) in [4.78, 5) is 33.2. The van der Waals surface area contributed by atoms with Crippen LogP contribution in [0.25, 0.3) is 0 Å². The zero-order valence-electron chi connectivity index (χ0n) is 17.2. The fourth-order valence-electron chi connectivity index (χ4n) is 2.88. The van der Waals surface area contributed by atoms with E-state index < -0.39 is 0 Å². The van der Waals surface area contributed by atoms with Crippen LogP contribution in [0.4, 0.5) is 0 Å². The second-order valence-electron chi connectivity index (χ2n) is 7.02. The Bertz CT molecular complexity index is 1030. The third kappa shape index (κ3) is 6.15. The Kier molecular flexibility index (Phi) is 7.19. The molecule has 2 aromatic carbocycles. The quantitative estimate of drug-likeness (QED) is 0.361. The number of nitrogens with one attached hydrogen (secondary N) is 2. The van der Waals surface area contributed by atoms with Crippen molar-refractivity contribution in [3.63, 3.8) is 0 Å². The molecule has 6 nitrogen and oxygen atoms in total. The van der Waals surface area contributed by atoms with E-state index in [9.17, 15) is 9.59 Å². The van der Waals surface area contributed by atoms with Crippen LogP contribution in [0.2, 0.25) is 0 Å². The van der Waals surface area contributed by atoms with Crippen LogP contribution in [0.1, 0.15) is 38.4 Å². The van der Waals surface area contributed by atoms with Crippen molar-refractivity contribution >= 4 is 23.6 Å². The van der Waals surface area contributed by atoms with Crippen molar-refractivity contribution in [3.05, 3.63) is 88.2 Å². The highest BCUT2D eigenvalue weighted by molar-refractivity contribution is 7.98. The molecule has 0 radical (unpaired) electrons. The first-order chi connectivity index (χ1) is 14.4. The summed E-state index contributed by atoms with van der Waals surface area (Å²) in [6, 6.07) is 16.9. The van der Waals surface area contributed by atoms with Crippen LogP contribution in [-0.4, -0.2) is 21.8 Å². The number of aryl methyl sites for hydroxylation is 3. The van der Waals surface area contributed by atoms with Gasteiger partial charge in [0.1, 0.15) is 0 Å². The summed E-state index contributed by atoms with van der Waals surface area (Å²) in [5, 5.41) is 0.741. The lowest BCUT2D eigenvalue weighted by atomic mass is 10.1. The van der Waals surface area contributed by atoms with E-state index in [2.05, 4.69) is 20.8 Å². The molecule has 0 saturated carbocycles. The largest absolute Gasteiger partial charge is 0.273 e. The number of benzene rings is 2. The summed E-state index contributed by atoms with van der Waals surface area (Å²) >= 11 is 1.55. The van der Waals surface area contributed by atoms with Crippen molar-refractivity contribution in [3.8, 4) is 0 Å². The standard InChI is InChI=1S/C23H24N4O2S/c1-15-6-4-5-7-20(15)13-21(28)26-27-22(29)19-10-8-18(9-11-19)14-30-23-24-16(2)12-17(3)25-23/h4-12H,13-14H2,1-3H3,(H,26,28)(H,27,29). The molecule has 7 heteroatoms. The molecule has 0 fully saturated rings. The number of amides is 2. The summed E-state index contributed by atoms with van der Waals surface area (Å²) in [5.41, 5.74) is 10.3. The van der Waals surface area contributed by atoms with Crippen LogP contribution in [0.5, 0.6) is 0 Å². The van der Waals surface area contributed by atoms with E-state index in [1.165, 1.54) is 0 Å². The highest BCUT2D eigenvalue weighted by Crippen LogP contribution is 2.20. The Morgan fingerprint density at radius 1 is 0.900 bits per heavy atom. The fraction of sp³-hybridized carbons (Fsp3) is 0.217. The minimum atomic E-state index is -0.357. The SMILES string of the molecule is Cc1cc(C)nc(SCc2ccc(C(=O)NNC(=O)Cc3ccccc3C)cc2)n1. The second-order valence-corrected chi connectivity index (χ2v) is 7.97. The number of hydrogen-bond donors (Lipinski definition) is 2. The lowest BCUT2D eigenvalue weighted by molar-refractivity contribution is -0.121. The Labute approximate surface area is 180 Å². The number of hydrazine groups is 1. The van der Waals surface area contributed by atoms with Gasteiger partial charge in [0.2, 0.25) is 5.91 Å². The molecule has 2 amide bonds. The highest BCUT2D eigenvalue weighted by atomic mass is 32.2. The molecule has 1 aromatic heterocycles. The smallest absolute Gasteiger partial charge is 0.269 e. The maximum atomic E-state index is 12.3. The normalized spacial score (nSPS) is 10.5. The van der Waals surface area contributed by atoms with E-state index in [1.807, 2.05) is 63.2 Å². The summed E-state index contributed by atoms with van der Waals surface area (Å²) in [6.45, 7) is 5.85. The van der Waals surface area contributed by atoms with Crippen LogP contribution in [0.3, 0.4) is 0 Å². The first-order valence-corrected chi connectivity index (χ1v) is 10.6. The van der Waals surface area contributed by atoms with Crippen LogP contribution in [-0.2, 0) is 17.0 Å². The molecule has 0 aliphatic carbocycles. The molecular formula is C23H24N4O2S. The maximum absolute atomic E-state index is 12.3. The van der Waals surface area contributed by atoms with Gasteiger partial charge in [0.15, 0.2) is 5.16 Å². The predicted octanol–water partition coefficient (Wildman–Crippen LogP) is 3.70. The minimum Gasteiger partial charge on any atom is -0.273 e. The van der Waals surface area contributed by atoms with Gasteiger partial charge >= 0.3 is 0 Å². The third-order valence-electron chi connectivity index (χ3n) is 4.47. The molecule has 0 aliphatic heterocycles. The van der Waals surface area contributed by atoms with Gasteiger partial charge in [-0.25, -0.2) is 9.97 Å². The van der Waals surface area contributed by atoms with E-state index in [-0.39, 0.29) is 18.2 Å². The van der Waals surface area contributed by atoms with Gasteiger partial charge in [0.05, 0.1) is 6.42 Å². The number of carbonyl (C=O) groups excluding carboxylic acids is 2. The van der Waals surface area contributed by atoms with Gasteiger partial charge in [-0.15, -0.1) is 0 Å². The van der Waals surface area contributed by atoms with Crippen molar-refractivity contribution in [2.24, 2.45) is 0 Å². The monoisotopic (exact) mass is 420 g/mol. The van der Waals surface area contributed by atoms with Gasteiger partial charge in [-0.05, 0) is 55.7 Å². The van der Waals surface area contributed by atoms with E-state index in [0.29, 0.717) is 11.3 Å². The summed E-state index contributed by atoms with van der Waals surface area (Å²) < 4.78 is 0. The van der Waals surface area contributed by atoms with Crippen molar-refractivity contribution in [1.29, 1.82) is 0 Å². The molecule has 0 atom stereocenters. The minimum absolute atomic E-state index is 0.212. The van der Waals surface area contributed by atoms with Crippen LogP contribution in [0, 0.1) is 20.8 Å².